The lowest BCUT2D eigenvalue weighted by Gasteiger charge is -2.13. The smallest absolute Gasteiger partial charge is 0.210 e. The molecule has 1 heterocycles. The molecule has 5 nitrogen and oxygen atoms in total. The molecule has 2 aromatic carbocycles. The van der Waals surface area contributed by atoms with Crippen molar-refractivity contribution in [3.05, 3.63) is 70.5 Å². The molecule has 134 valence electrons. The van der Waals surface area contributed by atoms with Crippen LogP contribution in [-0.2, 0) is 5.75 Å². The summed E-state index contributed by atoms with van der Waals surface area (Å²) in [6, 6.07) is 13.9. The van der Waals surface area contributed by atoms with Crippen molar-refractivity contribution >= 4 is 46.4 Å². The highest BCUT2D eigenvalue weighted by Crippen LogP contribution is 2.21. The summed E-state index contributed by atoms with van der Waals surface area (Å²) in [5, 5.41) is 13.2. The molecule has 0 aliphatic rings. The molecule has 0 unspecified atom stereocenters. The minimum Gasteiger partial charge on any atom is -0.331 e. The van der Waals surface area contributed by atoms with Crippen LogP contribution in [0.1, 0.15) is 16.7 Å². The van der Waals surface area contributed by atoms with Crippen molar-refractivity contribution in [3.63, 3.8) is 0 Å². The minimum absolute atomic E-state index is 0.474. The number of thiocarbonyl (C=S) groups is 1. The average Bonchev–Trinajstić information content (AvgIpc) is 3.04. The van der Waals surface area contributed by atoms with Gasteiger partial charge in [0, 0.05) is 16.5 Å². The van der Waals surface area contributed by atoms with Crippen LogP contribution in [-0.4, -0.2) is 20.0 Å². The molecule has 0 spiro atoms. The van der Waals surface area contributed by atoms with Crippen LogP contribution >= 0.6 is 35.6 Å². The second kappa shape index (κ2) is 8.53. The van der Waals surface area contributed by atoms with Gasteiger partial charge in [-0.15, -0.1) is 10.2 Å². The van der Waals surface area contributed by atoms with E-state index in [4.69, 9.17) is 23.8 Å². The molecule has 3 aromatic rings. The molecule has 2 N–H and O–H groups in total. The summed E-state index contributed by atoms with van der Waals surface area (Å²) in [4.78, 5) is 0. The van der Waals surface area contributed by atoms with Gasteiger partial charge in [-0.25, -0.2) is 4.68 Å². The maximum absolute atomic E-state index is 5.91. The van der Waals surface area contributed by atoms with E-state index in [9.17, 15) is 0 Å². The third-order valence-corrected chi connectivity index (χ3v) is 5.24. The number of rotatable bonds is 5. The highest BCUT2D eigenvalue weighted by atomic mass is 35.5. The lowest BCUT2D eigenvalue weighted by atomic mass is 10.1. The fourth-order valence-corrected chi connectivity index (χ4v) is 3.38. The first-order chi connectivity index (χ1) is 12.5. The number of nitrogens with zero attached hydrogens (tertiary/aromatic N) is 3. The molecule has 0 amide bonds. The van der Waals surface area contributed by atoms with E-state index >= 15 is 0 Å². The van der Waals surface area contributed by atoms with Gasteiger partial charge in [-0.05, 0) is 67.0 Å². The Balaban J connectivity index is 1.59. The summed E-state index contributed by atoms with van der Waals surface area (Å²) < 4.78 is 1.71. The summed E-state index contributed by atoms with van der Waals surface area (Å²) in [6.45, 7) is 4.15. The van der Waals surface area contributed by atoms with E-state index in [0.717, 1.165) is 27.2 Å². The lowest BCUT2D eigenvalue weighted by Crippen LogP contribution is -2.27. The quantitative estimate of drug-likeness (QED) is 0.472. The van der Waals surface area contributed by atoms with Crippen molar-refractivity contribution in [1.29, 1.82) is 0 Å². The van der Waals surface area contributed by atoms with Gasteiger partial charge in [0.05, 0.1) is 0 Å². The number of aryl methyl sites for hydroxylation is 2. The third kappa shape index (κ3) is 4.97. The Hall–Kier alpha value is -2.09. The van der Waals surface area contributed by atoms with E-state index < -0.39 is 0 Å². The number of hydrogen-bond acceptors (Lipinski definition) is 4. The van der Waals surface area contributed by atoms with Gasteiger partial charge in [-0.2, -0.15) is 0 Å². The number of nitrogens with one attached hydrogen (secondary N) is 2. The standard InChI is InChI=1S/C18H18ClN5S2/c1-12-3-8-16(9-13(12)2)21-17(25)23-24-11-20-22-18(24)26-10-14-4-6-15(19)7-5-14/h3-9,11H,10H2,1-2H3,(H2,21,23,25). The molecule has 8 heteroatoms. The normalized spacial score (nSPS) is 10.6. The maximum Gasteiger partial charge on any atom is 0.210 e. The van der Waals surface area contributed by atoms with Crippen LogP contribution in [0, 0.1) is 13.8 Å². The molecule has 0 aliphatic carbocycles. The number of anilines is 1. The summed E-state index contributed by atoms with van der Waals surface area (Å²) in [5.41, 5.74) is 7.64. The second-order valence-electron chi connectivity index (χ2n) is 5.76. The molecular formula is C18H18ClN5S2. The van der Waals surface area contributed by atoms with Gasteiger partial charge in [0.1, 0.15) is 6.33 Å². The molecule has 3 rings (SSSR count). The Kier molecular flexibility index (Phi) is 6.13. The Labute approximate surface area is 167 Å². The van der Waals surface area contributed by atoms with Crippen molar-refractivity contribution in [2.24, 2.45) is 0 Å². The van der Waals surface area contributed by atoms with Crippen LogP contribution in [0.25, 0.3) is 0 Å². The molecule has 0 aliphatic heterocycles. The zero-order valence-electron chi connectivity index (χ0n) is 14.4. The van der Waals surface area contributed by atoms with Crippen LogP contribution in [0.5, 0.6) is 0 Å². The molecule has 0 bridgehead atoms. The van der Waals surface area contributed by atoms with Gasteiger partial charge in [0.15, 0.2) is 5.11 Å². The van der Waals surface area contributed by atoms with Crippen LogP contribution in [0.4, 0.5) is 5.69 Å². The van der Waals surface area contributed by atoms with Crippen LogP contribution < -0.4 is 10.7 Å². The zero-order chi connectivity index (χ0) is 18.5. The molecule has 0 saturated carbocycles. The first kappa shape index (κ1) is 18.7. The van der Waals surface area contributed by atoms with Crippen molar-refractivity contribution in [3.8, 4) is 0 Å². The van der Waals surface area contributed by atoms with Gasteiger partial charge in [-0.1, -0.05) is 41.6 Å². The number of hydrogen-bond donors (Lipinski definition) is 2. The number of halogens is 1. The van der Waals surface area contributed by atoms with Crippen LogP contribution in [0.3, 0.4) is 0 Å². The SMILES string of the molecule is Cc1ccc(NC(=S)Nn2cnnc2SCc2ccc(Cl)cc2)cc1C. The average molecular weight is 404 g/mol. The van der Waals surface area contributed by atoms with Crippen molar-refractivity contribution < 1.29 is 0 Å². The highest BCUT2D eigenvalue weighted by molar-refractivity contribution is 7.98. The summed E-state index contributed by atoms with van der Waals surface area (Å²) in [5.74, 6) is 0.759. The number of benzene rings is 2. The molecule has 0 radical (unpaired) electrons. The van der Waals surface area contributed by atoms with Crippen LogP contribution in [0.15, 0.2) is 53.9 Å². The summed E-state index contributed by atoms with van der Waals surface area (Å²) in [7, 11) is 0. The molecule has 0 fully saturated rings. The lowest BCUT2D eigenvalue weighted by molar-refractivity contribution is 0.833. The van der Waals surface area contributed by atoms with Gasteiger partial charge in [-0.3, -0.25) is 5.43 Å². The zero-order valence-corrected chi connectivity index (χ0v) is 16.8. The first-order valence-electron chi connectivity index (χ1n) is 7.94. The third-order valence-electron chi connectivity index (χ3n) is 3.78. The Morgan fingerprint density at radius 1 is 1.15 bits per heavy atom. The van der Waals surface area contributed by atoms with Gasteiger partial charge in [0.25, 0.3) is 0 Å². The minimum atomic E-state index is 0.474. The van der Waals surface area contributed by atoms with E-state index in [1.165, 1.54) is 11.1 Å². The van der Waals surface area contributed by atoms with Crippen molar-refractivity contribution in [2.45, 2.75) is 24.8 Å². The largest absolute Gasteiger partial charge is 0.331 e. The number of aromatic nitrogens is 3. The fraction of sp³-hybridized carbons (Fsp3) is 0.167. The van der Waals surface area contributed by atoms with Gasteiger partial charge in [0.2, 0.25) is 5.16 Å². The fourth-order valence-electron chi connectivity index (χ4n) is 2.22. The van der Waals surface area contributed by atoms with Gasteiger partial charge < -0.3 is 5.32 Å². The van der Waals surface area contributed by atoms with Crippen molar-refractivity contribution in [1.82, 2.24) is 14.9 Å². The Morgan fingerprint density at radius 3 is 2.65 bits per heavy atom. The summed E-state index contributed by atoms with van der Waals surface area (Å²) >= 11 is 12.9. The molecule has 1 aromatic heterocycles. The second-order valence-corrected chi connectivity index (χ2v) is 7.55. The Morgan fingerprint density at radius 2 is 1.92 bits per heavy atom. The predicted molar refractivity (Wildman–Crippen MR) is 113 cm³/mol. The number of thioether (sulfide) groups is 1. The molecular weight excluding hydrogens is 386 g/mol. The van der Waals surface area contributed by atoms with E-state index in [1.807, 2.05) is 30.3 Å². The topological polar surface area (TPSA) is 54.8 Å². The predicted octanol–water partition coefficient (Wildman–Crippen LogP) is 4.78. The molecule has 26 heavy (non-hydrogen) atoms. The first-order valence-corrected chi connectivity index (χ1v) is 9.71. The van der Waals surface area contributed by atoms with E-state index in [0.29, 0.717) is 5.11 Å². The Bertz CT molecular complexity index is 908. The van der Waals surface area contributed by atoms with Crippen LogP contribution in [0.2, 0.25) is 5.02 Å². The summed E-state index contributed by atoms with van der Waals surface area (Å²) in [6.07, 6.45) is 1.60. The van der Waals surface area contributed by atoms with Gasteiger partial charge >= 0.3 is 0 Å². The molecule has 0 saturated heterocycles. The van der Waals surface area contributed by atoms with E-state index in [1.54, 1.807) is 22.8 Å². The highest BCUT2D eigenvalue weighted by Gasteiger charge is 2.08. The van der Waals surface area contributed by atoms with Crippen molar-refractivity contribution in [2.75, 3.05) is 10.7 Å². The van der Waals surface area contributed by atoms with E-state index in [-0.39, 0.29) is 0 Å². The maximum atomic E-state index is 5.91. The monoisotopic (exact) mass is 403 g/mol. The molecule has 0 atom stereocenters. The van der Waals surface area contributed by atoms with E-state index in [2.05, 4.69) is 46.9 Å².